The molecule has 49 heavy (non-hydrogen) atoms. The Bertz CT molecular complexity index is 1780. The van der Waals surface area contributed by atoms with Gasteiger partial charge in [-0.1, -0.05) is 30.4 Å². The van der Waals surface area contributed by atoms with Crippen LogP contribution in [0.1, 0.15) is 44.6 Å². The molecule has 4 aliphatic heterocycles. The van der Waals surface area contributed by atoms with Crippen molar-refractivity contribution in [1.29, 1.82) is 0 Å². The predicted octanol–water partition coefficient (Wildman–Crippen LogP) is 4.03. The van der Waals surface area contributed by atoms with Gasteiger partial charge in [0.2, 0.25) is 10.0 Å². The van der Waals surface area contributed by atoms with Crippen LogP contribution in [0.4, 0.5) is 14.3 Å². The van der Waals surface area contributed by atoms with E-state index in [1.165, 1.54) is 27.8 Å². The van der Waals surface area contributed by atoms with Gasteiger partial charge in [0.1, 0.15) is 24.1 Å². The summed E-state index contributed by atoms with van der Waals surface area (Å²) in [4.78, 5) is 18.2. The van der Waals surface area contributed by atoms with E-state index in [9.17, 15) is 22.7 Å². The predicted molar refractivity (Wildman–Crippen MR) is 178 cm³/mol. The van der Waals surface area contributed by atoms with Crippen LogP contribution in [0.3, 0.4) is 0 Å². The highest BCUT2D eigenvalue weighted by Crippen LogP contribution is 2.46. The smallest absolute Gasteiger partial charge is 0.407 e. The topological polar surface area (TPSA) is 149 Å². The fourth-order valence-corrected chi connectivity index (χ4v) is 9.56. The summed E-state index contributed by atoms with van der Waals surface area (Å²) in [6.07, 6.45) is 0.771. The summed E-state index contributed by atoms with van der Waals surface area (Å²) < 4.78 is 68.0. The first kappa shape index (κ1) is 33.2. The molecular formula is C34H41FN4O8S2. The van der Waals surface area contributed by atoms with Crippen molar-refractivity contribution < 1.29 is 41.7 Å². The molecule has 2 aromatic carbocycles. The summed E-state index contributed by atoms with van der Waals surface area (Å²) in [5, 5.41) is 18.7. The van der Waals surface area contributed by atoms with Gasteiger partial charge in [0.25, 0.3) is 0 Å². The molecule has 3 N–H and O–H groups in total. The number of hydrogen-bond acceptors (Lipinski definition) is 11. The van der Waals surface area contributed by atoms with Gasteiger partial charge in [-0.15, -0.1) is 0 Å². The number of halogens is 1. The monoisotopic (exact) mass is 716 g/mol. The van der Waals surface area contributed by atoms with Crippen molar-refractivity contribution in [1.82, 2.24) is 14.6 Å². The molecule has 2 saturated carbocycles. The Labute approximate surface area is 288 Å². The summed E-state index contributed by atoms with van der Waals surface area (Å²) in [6, 6.07) is 10.1. The first-order chi connectivity index (χ1) is 23.5. The van der Waals surface area contributed by atoms with E-state index in [2.05, 4.69) is 15.6 Å². The minimum absolute atomic E-state index is 0.107. The Morgan fingerprint density at radius 2 is 1.94 bits per heavy atom. The van der Waals surface area contributed by atoms with Gasteiger partial charge in [0.05, 0.1) is 40.5 Å². The van der Waals surface area contributed by atoms with E-state index in [1.54, 1.807) is 30.3 Å². The molecule has 0 radical (unpaired) electrons. The maximum absolute atomic E-state index is 14.3. The normalized spacial score (nSPS) is 28.3. The number of benzene rings is 2. The fraction of sp³-hybridized carbons (Fsp3) is 0.588. The van der Waals surface area contributed by atoms with Crippen molar-refractivity contribution >= 4 is 42.8 Å². The molecule has 2 aliphatic carbocycles. The van der Waals surface area contributed by atoms with Crippen LogP contribution in [0.25, 0.3) is 10.2 Å². The van der Waals surface area contributed by atoms with Gasteiger partial charge >= 0.3 is 6.09 Å². The van der Waals surface area contributed by atoms with E-state index in [-0.39, 0.29) is 47.9 Å². The number of rotatable bonds is 13. The third-order valence-electron chi connectivity index (χ3n) is 10.2. The highest BCUT2D eigenvalue weighted by Gasteiger charge is 2.51. The lowest BCUT2D eigenvalue weighted by atomic mass is 9.97. The zero-order valence-electron chi connectivity index (χ0n) is 27.1. The number of nitrogens with one attached hydrogen (secondary N) is 2. The molecule has 9 rings (SSSR count). The lowest BCUT2D eigenvalue weighted by Gasteiger charge is -2.32. The first-order valence-electron chi connectivity index (χ1n) is 17.0. The highest BCUT2D eigenvalue weighted by atomic mass is 32.2. The van der Waals surface area contributed by atoms with Gasteiger partial charge in [-0.3, -0.25) is 0 Å². The number of amides is 1. The van der Waals surface area contributed by atoms with Crippen LogP contribution >= 0.6 is 11.3 Å². The SMILES string of the molecule is CC1(CN(C[C@@H](O)[C@H](Cc2ccc(F)cc2)NC(=O)OC2C3COC4CC2OC4OC3)S(=O)(=O)c2ccc3nc(NC4CC4)sc3c2)CC1. The number of alkyl carbamates (subject to hydrolysis) is 1. The molecular weight excluding hydrogens is 676 g/mol. The molecule has 15 heteroatoms. The van der Waals surface area contributed by atoms with Crippen LogP contribution in [-0.4, -0.2) is 98.0 Å². The Morgan fingerprint density at radius 1 is 1.16 bits per heavy atom. The third kappa shape index (κ3) is 7.30. The lowest BCUT2D eigenvalue weighted by Crippen LogP contribution is -2.52. The quantitative estimate of drug-likeness (QED) is 0.237. The van der Waals surface area contributed by atoms with Crippen molar-refractivity contribution in [3.63, 3.8) is 0 Å². The van der Waals surface area contributed by atoms with E-state index < -0.39 is 46.5 Å². The second kappa shape index (κ2) is 13.0. The standard InChI is InChI=1S/C34H41FN4O8S2/c1-34(10-11-34)18-39(49(42,43)23-8-9-24-29(13-23)48-32(37-24)36-22-6-7-22)15-26(40)25(12-19-2-4-21(35)5-3-19)38-33(41)47-30-20-16-44-28-14-27(30)46-31(28)45-17-20/h2-5,8-9,13,20,22,25-28,30-31,40H,6-7,10-12,14-18H2,1H3,(H,36,37)(H,38,41)/t20?,25-,26+,27?,28?,30?,31?/m0/s1. The Hall–Kier alpha value is -2.92. The molecule has 0 spiro atoms. The van der Waals surface area contributed by atoms with Crippen molar-refractivity contribution in [2.75, 3.05) is 31.6 Å². The summed E-state index contributed by atoms with van der Waals surface area (Å²) >= 11 is 1.42. The Morgan fingerprint density at radius 3 is 2.69 bits per heavy atom. The summed E-state index contributed by atoms with van der Waals surface area (Å²) in [5.74, 6) is -0.635. The van der Waals surface area contributed by atoms with Gasteiger partial charge in [-0.2, -0.15) is 4.31 Å². The minimum atomic E-state index is -4.07. The summed E-state index contributed by atoms with van der Waals surface area (Å²) in [5.41, 5.74) is 1.15. The molecule has 12 nitrogen and oxygen atoms in total. The number of nitrogens with zero attached hydrogens (tertiary/aromatic N) is 2. The number of carbonyl (C=O) groups is 1. The minimum Gasteiger partial charge on any atom is -0.443 e. The van der Waals surface area contributed by atoms with Crippen molar-refractivity contribution in [2.24, 2.45) is 11.3 Å². The molecule has 5 unspecified atom stereocenters. The second-order valence-electron chi connectivity index (χ2n) is 14.4. The maximum Gasteiger partial charge on any atom is 0.407 e. The third-order valence-corrected chi connectivity index (χ3v) is 13.0. The molecule has 5 heterocycles. The van der Waals surface area contributed by atoms with E-state index >= 15 is 0 Å². The van der Waals surface area contributed by atoms with Crippen molar-refractivity contribution in [3.8, 4) is 0 Å². The van der Waals surface area contributed by atoms with Crippen LogP contribution in [0.15, 0.2) is 47.4 Å². The van der Waals surface area contributed by atoms with Crippen LogP contribution in [0, 0.1) is 17.2 Å². The number of sulfonamides is 1. The second-order valence-corrected chi connectivity index (χ2v) is 17.4. The number of thiazole rings is 1. The number of hydrogen-bond donors (Lipinski definition) is 3. The molecule has 6 aliphatic rings. The zero-order valence-corrected chi connectivity index (χ0v) is 28.8. The number of aromatic nitrogens is 1. The number of carbonyl (C=O) groups excluding carboxylic acids is 1. The van der Waals surface area contributed by atoms with Gasteiger partial charge in [-0.05, 0) is 73.4 Å². The molecule has 1 amide bonds. The fourth-order valence-electron chi connectivity index (χ4n) is 6.87. The average molecular weight is 717 g/mol. The molecule has 6 fully saturated rings. The molecule has 3 aromatic rings. The largest absolute Gasteiger partial charge is 0.443 e. The molecule has 264 valence electrons. The van der Waals surface area contributed by atoms with Crippen molar-refractivity contribution in [3.05, 3.63) is 53.8 Å². The zero-order chi connectivity index (χ0) is 33.9. The van der Waals surface area contributed by atoms with Crippen LogP contribution in [-0.2, 0) is 35.4 Å². The summed E-state index contributed by atoms with van der Waals surface area (Å²) in [6.45, 7) is 2.66. The average Bonchev–Trinajstić information content (AvgIpc) is 3.98. The van der Waals surface area contributed by atoms with Crippen LogP contribution < -0.4 is 10.6 Å². The first-order valence-corrected chi connectivity index (χ1v) is 19.2. The van der Waals surface area contributed by atoms with E-state index in [1.807, 2.05) is 6.92 Å². The molecule has 1 aromatic heterocycles. The summed E-state index contributed by atoms with van der Waals surface area (Å²) in [7, 11) is -4.07. The Balaban J connectivity index is 1.03. The van der Waals surface area contributed by atoms with Crippen LogP contribution in [0.2, 0.25) is 0 Å². The van der Waals surface area contributed by atoms with E-state index in [4.69, 9.17) is 18.9 Å². The van der Waals surface area contributed by atoms with Crippen molar-refractivity contribution in [2.45, 2.75) is 93.1 Å². The van der Waals surface area contributed by atoms with Crippen LogP contribution in [0.5, 0.6) is 0 Å². The molecule has 4 bridgehead atoms. The number of anilines is 1. The number of ether oxygens (including phenoxy) is 4. The van der Waals surface area contributed by atoms with E-state index in [0.717, 1.165) is 35.5 Å². The molecule has 4 saturated heterocycles. The number of fused-ring (bicyclic) bond motifs is 3. The van der Waals surface area contributed by atoms with Gasteiger partial charge in [-0.25, -0.2) is 22.6 Å². The van der Waals surface area contributed by atoms with Gasteiger partial charge in [0.15, 0.2) is 11.4 Å². The Kier molecular flexibility index (Phi) is 8.82. The maximum atomic E-state index is 14.3. The van der Waals surface area contributed by atoms with E-state index in [0.29, 0.717) is 36.8 Å². The van der Waals surface area contributed by atoms with Gasteiger partial charge in [0, 0.05) is 31.5 Å². The highest BCUT2D eigenvalue weighted by molar-refractivity contribution is 7.89. The lowest BCUT2D eigenvalue weighted by molar-refractivity contribution is -0.162. The number of aliphatic hydroxyl groups excluding tert-OH is 1. The number of aliphatic hydroxyl groups is 1. The molecule has 7 atom stereocenters. The van der Waals surface area contributed by atoms with Gasteiger partial charge < -0.3 is 34.7 Å².